The van der Waals surface area contributed by atoms with Crippen LogP contribution in [0.4, 0.5) is 0 Å². The zero-order valence-corrected chi connectivity index (χ0v) is 7.92. The van der Waals surface area contributed by atoms with Crippen molar-refractivity contribution >= 4 is 17.6 Å². The van der Waals surface area contributed by atoms with Crippen molar-refractivity contribution in [2.75, 3.05) is 7.11 Å². The molecule has 13 heavy (non-hydrogen) atoms. The Morgan fingerprint density at radius 1 is 1.69 bits per heavy atom. The average Bonchev–Trinajstić information content (AvgIpc) is 2.09. The van der Waals surface area contributed by atoms with Crippen molar-refractivity contribution in [1.82, 2.24) is 4.98 Å². The van der Waals surface area contributed by atoms with Gasteiger partial charge in [-0.3, -0.25) is 0 Å². The molecule has 4 nitrogen and oxygen atoms in total. The number of rotatable bonds is 2. The predicted molar refractivity (Wildman–Crippen MR) is 47.5 cm³/mol. The van der Waals surface area contributed by atoms with Gasteiger partial charge < -0.3 is 9.84 Å². The summed E-state index contributed by atoms with van der Waals surface area (Å²) < 4.78 is 4.78. The van der Waals surface area contributed by atoms with E-state index < -0.39 is 5.97 Å². The number of nitrogens with zero attached hydrogens (tertiary/aromatic N) is 1. The number of hydrogen-bond acceptors (Lipinski definition) is 3. The smallest absolute Gasteiger partial charge is 0.336 e. The van der Waals surface area contributed by atoms with E-state index in [0.29, 0.717) is 5.56 Å². The number of hydrogen-bond donors (Lipinski definition) is 1. The molecule has 0 saturated heterocycles. The largest absolute Gasteiger partial charge is 0.481 e. The second-order valence-electron chi connectivity index (χ2n) is 2.43. The summed E-state index contributed by atoms with van der Waals surface area (Å²) in [5.41, 5.74) is 0.548. The Balaban J connectivity index is 3.33. The van der Waals surface area contributed by atoms with Crippen molar-refractivity contribution < 1.29 is 14.6 Å². The minimum atomic E-state index is -1.04. The van der Waals surface area contributed by atoms with Crippen molar-refractivity contribution in [2.45, 2.75) is 6.92 Å². The molecule has 0 aliphatic carbocycles. The van der Waals surface area contributed by atoms with Crippen LogP contribution in [0.1, 0.15) is 15.9 Å². The highest BCUT2D eigenvalue weighted by Crippen LogP contribution is 2.21. The Kier molecular flexibility index (Phi) is 2.72. The molecule has 0 unspecified atom stereocenters. The summed E-state index contributed by atoms with van der Waals surface area (Å²) in [5.74, 6) is -0.840. The third-order valence-electron chi connectivity index (χ3n) is 1.63. The quantitative estimate of drug-likeness (QED) is 0.741. The highest BCUT2D eigenvalue weighted by atomic mass is 35.5. The molecule has 1 aromatic rings. The van der Waals surface area contributed by atoms with Gasteiger partial charge in [-0.05, 0) is 6.92 Å². The van der Waals surface area contributed by atoms with Gasteiger partial charge in [0.15, 0.2) is 0 Å². The molecule has 0 fully saturated rings. The topological polar surface area (TPSA) is 59.4 Å². The molecule has 1 aromatic heterocycles. The third kappa shape index (κ3) is 1.89. The zero-order valence-electron chi connectivity index (χ0n) is 7.17. The van der Waals surface area contributed by atoms with Gasteiger partial charge in [0.2, 0.25) is 5.88 Å². The van der Waals surface area contributed by atoms with Gasteiger partial charge in [-0.2, -0.15) is 0 Å². The summed E-state index contributed by atoms with van der Waals surface area (Å²) in [5, 5.41) is 8.92. The minimum Gasteiger partial charge on any atom is -0.481 e. The van der Waals surface area contributed by atoms with Crippen LogP contribution >= 0.6 is 11.6 Å². The second-order valence-corrected chi connectivity index (χ2v) is 2.79. The first-order chi connectivity index (χ1) is 6.06. The van der Waals surface area contributed by atoms with E-state index >= 15 is 0 Å². The fraction of sp³-hybridized carbons (Fsp3) is 0.250. The van der Waals surface area contributed by atoms with Crippen LogP contribution < -0.4 is 4.74 Å². The molecule has 1 N–H and O–H groups in total. The van der Waals surface area contributed by atoms with Crippen LogP contribution in [-0.4, -0.2) is 23.2 Å². The molecule has 0 aliphatic heterocycles. The summed E-state index contributed by atoms with van der Waals surface area (Å²) in [6, 6.07) is 1.34. The SMILES string of the molecule is COc1cc(C(=O)O)c(C)c(Cl)n1. The molecule has 0 saturated carbocycles. The molecule has 70 valence electrons. The summed E-state index contributed by atoms with van der Waals surface area (Å²) in [6.07, 6.45) is 0. The summed E-state index contributed by atoms with van der Waals surface area (Å²) >= 11 is 5.69. The monoisotopic (exact) mass is 201 g/mol. The maximum absolute atomic E-state index is 10.7. The van der Waals surface area contributed by atoms with E-state index in [4.69, 9.17) is 21.4 Å². The fourth-order valence-electron chi connectivity index (χ4n) is 0.882. The van der Waals surface area contributed by atoms with Crippen LogP contribution in [0.3, 0.4) is 0 Å². The molecule has 0 atom stereocenters. The van der Waals surface area contributed by atoms with Crippen LogP contribution in [0.15, 0.2) is 6.07 Å². The maximum atomic E-state index is 10.7. The Morgan fingerprint density at radius 2 is 2.31 bits per heavy atom. The summed E-state index contributed by atoms with van der Waals surface area (Å²) in [4.78, 5) is 14.5. The van der Waals surface area contributed by atoms with Crippen LogP contribution in [-0.2, 0) is 0 Å². The lowest BCUT2D eigenvalue weighted by Crippen LogP contribution is -2.02. The lowest BCUT2D eigenvalue weighted by atomic mass is 10.1. The number of carboxylic acids is 1. The van der Waals surface area contributed by atoms with Gasteiger partial charge in [0, 0.05) is 11.6 Å². The fourth-order valence-corrected chi connectivity index (χ4v) is 1.07. The molecule has 5 heteroatoms. The number of halogens is 1. The average molecular weight is 202 g/mol. The van der Waals surface area contributed by atoms with Gasteiger partial charge in [-0.15, -0.1) is 0 Å². The predicted octanol–water partition coefficient (Wildman–Crippen LogP) is 1.75. The first-order valence-corrected chi connectivity index (χ1v) is 3.88. The lowest BCUT2D eigenvalue weighted by molar-refractivity contribution is 0.0695. The van der Waals surface area contributed by atoms with E-state index in [-0.39, 0.29) is 16.6 Å². The van der Waals surface area contributed by atoms with E-state index in [2.05, 4.69) is 4.98 Å². The number of aromatic nitrogens is 1. The standard InChI is InChI=1S/C8H8ClNO3/c1-4-5(8(11)12)3-6(13-2)10-7(4)9/h3H,1-2H3,(H,11,12). The third-order valence-corrected chi connectivity index (χ3v) is 2.00. The van der Waals surface area contributed by atoms with Crippen LogP contribution in [0, 0.1) is 6.92 Å². The van der Waals surface area contributed by atoms with Crippen molar-refractivity contribution in [1.29, 1.82) is 0 Å². The van der Waals surface area contributed by atoms with Gasteiger partial charge in [0.25, 0.3) is 0 Å². The zero-order chi connectivity index (χ0) is 10.0. The van der Waals surface area contributed by atoms with Gasteiger partial charge in [-0.1, -0.05) is 11.6 Å². The molecule has 1 rings (SSSR count). The van der Waals surface area contributed by atoms with E-state index in [1.165, 1.54) is 13.2 Å². The van der Waals surface area contributed by atoms with E-state index in [0.717, 1.165) is 0 Å². The number of carboxylic acid groups (broad SMARTS) is 1. The molecule has 0 aromatic carbocycles. The number of carbonyl (C=O) groups is 1. The van der Waals surface area contributed by atoms with Gasteiger partial charge >= 0.3 is 5.97 Å². The highest BCUT2D eigenvalue weighted by Gasteiger charge is 2.13. The number of aromatic carboxylic acids is 1. The first kappa shape index (κ1) is 9.80. The normalized spacial score (nSPS) is 9.77. The molecule has 1 heterocycles. The maximum Gasteiger partial charge on any atom is 0.336 e. The van der Waals surface area contributed by atoms with Gasteiger partial charge in [0.1, 0.15) is 5.15 Å². The summed E-state index contributed by atoms with van der Waals surface area (Å²) in [7, 11) is 1.40. The van der Waals surface area contributed by atoms with Crippen LogP contribution in [0.5, 0.6) is 5.88 Å². The van der Waals surface area contributed by atoms with Gasteiger partial charge in [-0.25, -0.2) is 9.78 Å². The molecular formula is C8H8ClNO3. The van der Waals surface area contributed by atoms with Gasteiger partial charge in [0.05, 0.1) is 12.7 Å². The first-order valence-electron chi connectivity index (χ1n) is 3.50. The molecule has 0 aliphatic rings. The lowest BCUT2D eigenvalue weighted by Gasteiger charge is -2.05. The van der Waals surface area contributed by atoms with Crippen LogP contribution in [0.25, 0.3) is 0 Å². The van der Waals surface area contributed by atoms with Crippen molar-refractivity contribution in [2.24, 2.45) is 0 Å². The number of ether oxygens (including phenoxy) is 1. The Bertz CT molecular complexity index is 351. The molecule has 0 amide bonds. The number of pyridine rings is 1. The van der Waals surface area contributed by atoms with E-state index in [1.54, 1.807) is 6.92 Å². The van der Waals surface area contributed by atoms with Crippen molar-refractivity contribution in [3.05, 3.63) is 22.3 Å². The van der Waals surface area contributed by atoms with Crippen LogP contribution in [0.2, 0.25) is 5.15 Å². The molecular weight excluding hydrogens is 194 g/mol. The molecule has 0 spiro atoms. The number of methoxy groups -OCH3 is 1. The van der Waals surface area contributed by atoms with Crippen molar-refractivity contribution in [3.8, 4) is 5.88 Å². The van der Waals surface area contributed by atoms with E-state index in [1.807, 2.05) is 0 Å². The molecule has 0 bridgehead atoms. The second kappa shape index (κ2) is 3.62. The Morgan fingerprint density at radius 3 is 2.77 bits per heavy atom. The Labute approximate surface area is 80.1 Å². The minimum absolute atomic E-state index is 0.108. The Hall–Kier alpha value is -1.29. The molecule has 0 radical (unpaired) electrons. The van der Waals surface area contributed by atoms with E-state index in [9.17, 15) is 4.79 Å². The van der Waals surface area contributed by atoms with Crippen molar-refractivity contribution in [3.63, 3.8) is 0 Å². The highest BCUT2D eigenvalue weighted by molar-refractivity contribution is 6.30. The summed E-state index contributed by atoms with van der Waals surface area (Å²) in [6.45, 7) is 1.60.